The number of fused-ring (bicyclic) bond motifs is 1. The minimum atomic E-state index is -0.431. The Labute approximate surface area is 225 Å². The molecule has 0 fully saturated rings. The van der Waals surface area contributed by atoms with Gasteiger partial charge >= 0.3 is 0 Å². The zero-order valence-electron chi connectivity index (χ0n) is 21.3. The molecule has 0 bridgehead atoms. The Kier molecular flexibility index (Phi) is 8.26. The van der Waals surface area contributed by atoms with Crippen LogP contribution in [-0.2, 0) is 19.7 Å². The summed E-state index contributed by atoms with van der Waals surface area (Å²) in [5.74, 6) is -0.442. The van der Waals surface area contributed by atoms with E-state index in [4.69, 9.17) is 21.4 Å². The van der Waals surface area contributed by atoms with Gasteiger partial charge in [0.05, 0.1) is 29.0 Å². The minimum Gasteiger partial charge on any atom is -0.383 e. The van der Waals surface area contributed by atoms with Crippen LogP contribution >= 0.6 is 23.4 Å². The number of nitrogens with one attached hydrogen (secondary N) is 1. The van der Waals surface area contributed by atoms with Gasteiger partial charge in [0.1, 0.15) is 18.2 Å². The lowest BCUT2D eigenvalue weighted by molar-refractivity contribution is -0.123. The van der Waals surface area contributed by atoms with E-state index in [1.165, 1.54) is 28.8 Å². The van der Waals surface area contributed by atoms with Crippen molar-refractivity contribution in [1.29, 1.82) is 0 Å². The predicted molar refractivity (Wildman–Crippen MR) is 145 cm³/mol. The first kappa shape index (κ1) is 27.2. The summed E-state index contributed by atoms with van der Waals surface area (Å²) in [5, 5.41) is 7.97. The van der Waals surface area contributed by atoms with Gasteiger partial charge in [0, 0.05) is 29.7 Å². The number of benzene rings is 2. The molecular formula is C27H30ClFN4O3S. The Balaban J connectivity index is 1.97. The number of halogens is 2. The van der Waals surface area contributed by atoms with Gasteiger partial charge in [-0.05, 0) is 29.8 Å². The maximum absolute atomic E-state index is 14.3. The fourth-order valence-corrected chi connectivity index (χ4v) is 5.83. The largest absolute Gasteiger partial charge is 0.383 e. The third kappa shape index (κ3) is 5.84. The van der Waals surface area contributed by atoms with Gasteiger partial charge in [-0.3, -0.25) is 14.5 Å². The van der Waals surface area contributed by atoms with E-state index >= 15 is 0 Å². The van der Waals surface area contributed by atoms with E-state index in [-0.39, 0.29) is 29.4 Å². The molecule has 1 aliphatic rings. The zero-order valence-corrected chi connectivity index (χ0v) is 22.8. The summed E-state index contributed by atoms with van der Waals surface area (Å²) < 4.78 is 20.9. The highest BCUT2D eigenvalue weighted by Gasteiger charge is 2.40. The number of rotatable bonds is 7. The van der Waals surface area contributed by atoms with Gasteiger partial charge in [0.15, 0.2) is 0 Å². The van der Waals surface area contributed by atoms with Crippen molar-refractivity contribution >= 4 is 41.0 Å². The average Bonchev–Trinajstić information content (AvgIpc) is 3.19. The van der Waals surface area contributed by atoms with Crippen molar-refractivity contribution in [3.05, 3.63) is 76.2 Å². The molecule has 0 radical (unpaired) electrons. The molecule has 0 saturated heterocycles. The molecule has 3 aromatic rings. The molecule has 0 unspecified atom stereocenters. The molecule has 0 aliphatic carbocycles. The Morgan fingerprint density at radius 3 is 2.68 bits per heavy atom. The number of hydrogen-bond donors (Lipinski definition) is 1. The topological polar surface area (TPSA) is 76.5 Å². The van der Waals surface area contributed by atoms with Crippen LogP contribution in [0.1, 0.15) is 42.8 Å². The van der Waals surface area contributed by atoms with Crippen molar-refractivity contribution < 1.29 is 18.7 Å². The minimum absolute atomic E-state index is 0.128. The molecule has 4 rings (SSSR count). The Morgan fingerprint density at radius 1 is 1.24 bits per heavy atom. The van der Waals surface area contributed by atoms with Crippen LogP contribution in [-0.4, -0.2) is 54.2 Å². The molecule has 1 aromatic heterocycles. The van der Waals surface area contributed by atoms with Gasteiger partial charge in [-0.1, -0.05) is 56.6 Å². The molecule has 1 aliphatic heterocycles. The molecule has 37 heavy (non-hydrogen) atoms. The third-order valence-corrected chi connectivity index (χ3v) is 7.55. The van der Waals surface area contributed by atoms with Gasteiger partial charge < -0.3 is 10.1 Å². The van der Waals surface area contributed by atoms with E-state index in [0.29, 0.717) is 29.7 Å². The van der Waals surface area contributed by atoms with Gasteiger partial charge in [0.2, 0.25) is 11.8 Å². The number of thioether (sulfide) groups is 1. The SMILES string of the molecule is COCCNC(=O)CN1C(=O)CS[C@H](c2ccccc2Cl)c2c(C(C)(C)C)nn(-c3cccc(F)c3)c21. The van der Waals surface area contributed by atoms with Crippen molar-refractivity contribution in [2.75, 3.05) is 37.5 Å². The monoisotopic (exact) mass is 544 g/mol. The van der Waals surface area contributed by atoms with Gasteiger partial charge in [-0.25, -0.2) is 9.07 Å². The summed E-state index contributed by atoms with van der Waals surface area (Å²) >= 11 is 8.09. The van der Waals surface area contributed by atoms with Gasteiger partial charge in [-0.2, -0.15) is 5.10 Å². The molecule has 196 valence electrons. The van der Waals surface area contributed by atoms with Crippen LogP contribution in [0.4, 0.5) is 10.2 Å². The Bertz CT molecular complexity index is 1310. The van der Waals surface area contributed by atoms with E-state index in [2.05, 4.69) is 5.32 Å². The highest BCUT2D eigenvalue weighted by atomic mass is 35.5. The number of nitrogens with zero attached hydrogens (tertiary/aromatic N) is 3. The van der Waals surface area contributed by atoms with E-state index in [1.54, 1.807) is 23.9 Å². The summed E-state index contributed by atoms with van der Waals surface area (Å²) in [7, 11) is 1.55. The summed E-state index contributed by atoms with van der Waals surface area (Å²) in [6, 6.07) is 13.6. The van der Waals surface area contributed by atoms with E-state index < -0.39 is 11.2 Å². The van der Waals surface area contributed by atoms with Gasteiger partial charge in [0.25, 0.3) is 0 Å². The molecule has 2 aromatic carbocycles. The van der Waals surface area contributed by atoms with Crippen LogP contribution in [0.3, 0.4) is 0 Å². The molecule has 7 nitrogen and oxygen atoms in total. The number of ether oxygens (including phenoxy) is 1. The van der Waals surface area contributed by atoms with E-state index in [0.717, 1.165) is 16.8 Å². The second-order valence-electron chi connectivity index (χ2n) is 9.76. The quantitative estimate of drug-likeness (QED) is 0.428. The normalized spacial score (nSPS) is 15.9. The van der Waals surface area contributed by atoms with E-state index in [9.17, 15) is 14.0 Å². The van der Waals surface area contributed by atoms with Crippen molar-refractivity contribution in [3.63, 3.8) is 0 Å². The number of aromatic nitrogens is 2. The highest BCUT2D eigenvalue weighted by molar-refractivity contribution is 8.00. The van der Waals surface area contributed by atoms with Crippen molar-refractivity contribution in [3.8, 4) is 5.69 Å². The van der Waals surface area contributed by atoms with Crippen molar-refractivity contribution in [1.82, 2.24) is 15.1 Å². The summed E-state index contributed by atoms with van der Waals surface area (Å²) in [4.78, 5) is 27.9. The molecule has 2 amide bonds. The number of hydrogen-bond acceptors (Lipinski definition) is 5. The Hall–Kier alpha value is -2.88. The standard InChI is InChI=1S/C27H30ClFN4O3S/c1-27(2,3)25-23-24(19-10-5-6-11-20(19)28)37-16-22(35)32(15-21(34)30-12-13-36-4)26(23)33(31-25)18-9-7-8-17(29)14-18/h5-11,14,24H,12-13,15-16H2,1-4H3,(H,30,34)/t24-/m1/s1. The fourth-order valence-electron chi connectivity index (χ4n) is 4.29. The lowest BCUT2D eigenvalue weighted by atomic mass is 9.87. The second kappa shape index (κ2) is 11.2. The number of amides is 2. The van der Waals surface area contributed by atoms with Crippen molar-refractivity contribution in [2.24, 2.45) is 0 Å². The molecule has 10 heteroatoms. The molecule has 0 spiro atoms. The number of carbonyl (C=O) groups excluding carboxylic acids is 2. The van der Waals surface area contributed by atoms with Crippen LogP contribution < -0.4 is 10.2 Å². The molecule has 0 saturated carbocycles. The number of anilines is 1. The number of carbonyl (C=O) groups is 2. The van der Waals surface area contributed by atoms with E-state index in [1.807, 2.05) is 45.0 Å². The molecule has 2 heterocycles. The smallest absolute Gasteiger partial charge is 0.240 e. The van der Waals surface area contributed by atoms with Crippen LogP contribution in [0.15, 0.2) is 48.5 Å². The lowest BCUT2D eigenvalue weighted by Gasteiger charge is -2.25. The van der Waals surface area contributed by atoms with Crippen LogP contribution in [0, 0.1) is 5.82 Å². The summed E-state index contributed by atoms with van der Waals surface area (Å²) in [6.07, 6.45) is 0. The first-order valence-electron chi connectivity index (χ1n) is 11.9. The number of methoxy groups -OCH3 is 1. The molecule has 1 N–H and O–H groups in total. The second-order valence-corrected chi connectivity index (χ2v) is 11.3. The van der Waals surface area contributed by atoms with Crippen LogP contribution in [0.2, 0.25) is 5.02 Å². The molecular weight excluding hydrogens is 515 g/mol. The average molecular weight is 545 g/mol. The first-order valence-corrected chi connectivity index (χ1v) is 13.4. The van der Waals surface area contributed by atoms with Gasteiger partial charge in [-0.15, -0.1) is 11.8 Å². The summed E-state index contributed by atoms with van der Waals surface area (Å²) in [6.45, 7) is 6.56. The zero-order chi connectivity index (χ0) is 26.7. The maximum atomic E-state index is 14.3. The summed E-state index contributed by atoms with van der Waals surface area (Å²) in [5.41, 5.74) is 2.39. The lowest BCUT2D eigenvalue weighted by Crippen LogP contribution is -2.43. The third-order valence-electron chi connectivity index (χ3n) is 5.97. The maximum Gasteiger partial charge on any atom is 0.240 e. The highest BCUT2D eigenvalue weighted by Crippen LogP contribution is 2.49. The van der Waals surface area contributed by atoms with Crippen molar-refractivity contribution in [2.45, 2.75) is 31.4 Å². The first-order chi connectivity index (χ1) is 17.6. The molecule has 1 atom stereocenters. The van der Waals surface area contributed by atoms with Crippen LogP contribution in [0.25, 0.3) is 5.69 Å². The predicted octanol–water partition coefficient (Wildman–Crippen LogP) is 4.89. The van der Waals surface area contributed by atoms with Crippen LogP contribution in [0.5, 0.6) is 0 Å². The fraction of sp³-hybridized carbons (Fsp3) is 0.370. The Morgan fingerprint density at radius 2 is 2.00 bits per heavy atom.